The van der Waals surface area contributed by atoms with Gasteiger partial charge in [0.1, 0.15) is 12.4 Å². The van der Waals surface area contributed by atoms with E-state index in [0.29, 0.717) is 0 Å². The average molecular weight is 254 g/mol. The summed E-state index contributed by atoms with van der Waals surface area (Å²) in [5, 5.41) is 9.76. The second kappa shape index (κ2) is 10.8. The number of rotatable bonds is 7. The number of carboxylic acids is 1. The van der Waals surface area contributed by atoms with E-state index in [1.165, 1.54) is 12.8 Å². The molecule has 104 valence electrons. The second-order valence-electron chi connectivity index (χ2n) is 4.50. The minimum Gasteiger partial charge on any atom is -0.550 e. The molecule has 0 aliphatic rings. The Morgan fingerprint density at radius 2 is 1.89 bits per heavy atom. The van der Waals surface area contributed by atoms with Crippen LogP contribution in [0.5, 0.6) is 0 Å². The van der Waals surface area contributed by atoms with Crippen molar-refractivity contribution in [3.63, 3.8) is 0 Å². The molecule has 0 aliphatic heterocycles. The van der Waals surface area contributed by atoms with Crippen LogP contribution < -0.4 is 9.67 Å². The molecule has 4 heteroatoms. The van der Waals surface area contributed by atoms with Crippen LogP contribution in [0.15, 0.2) is 18.7 Å². The van der Waals surface area contributed by atoms with Gasteiger partial charge in [0.2, 0.25) is 6.33 Å². The number of nitrogens with zero attached hydrogens (tertiary/aromatic N) is 2. The van der Waals surface area contributed by atoms with Crippen LogP contribution in [0.4, 0.5) is 0 Å². The Bertz CT molecular complexity index is 321. The van der Waals surface area contributed by atoms with E-state index in [-0.39, 0.29) is 6.42 Å². The minimum absolute atomic E-state index is 0.216. The van der Waals surface area contributed by atoms with Gasteiger partial charge in [0.05, 0.1) is 13.6 Å². The maximum Gasteiger partial charge on any atom is 0.243 e. The summed E-state index contributed by atoms with van der Waals surface area (Å²) in [6, 6.07) is 0. The zero-order valence-corrected chi connectivity index (χ0v) is 11.9. The Morgan fingerprint density at radius 3 is 2.33 bits per heavy atom. The second-order valence-corrected chi connectivity index (χ2v) is 4.50. The number of hydrogen-bond donors (Lipinski definition) is 0. The van der Waals surface area contributed by atoms with Crippen LogP contribution in [0.3, 0.4) is 0 Å². The Hall–Kier alpha value is -1.32. The monoisotopic (exact) mass is 254 g/mol. The zero-order chi connectivity index (χ0) is 13.8. The standard InChI is InChI=1S/C8H15N2.C6H12O2/c1-3-4-5-10-7-6-9(2)8-10;1-2-3-4-5-6(7)8/h6-8H,3-5H2,1-2H3;2-5H2,1H3,(H,7,8)/q+1;/p-1. The molecule has 0 aliphatic carbocycles. The van der Waals surface area contributed by atoms with Crippen molar-refractivity contribution < 1.29 is 14.5 Å². The van der Waals surface area contributed by atoms with Gasteiger partial charge in [-0.25, -0.2) is 9.13 Å². The first kappa shape index (κ1) is 16.7. The van der Waals surface area contributed by atoms with E-state index in [4.69, 9.17) is 0 Å². The third kappa shape index (κ3) is 9.87. The molecule has 0 atom stereocenters. The van der Waals surface area contributed by atoms with Gasteiger partial charge in [-0.05, 0) is 19.3 Å². The van der Waals surface area contributed by atoms with Crippen molar-refractivity contribution in [2.24, 2.45) is 7.05 Å². The fourth-order valence-corrected chi connectivity index (χ4v) is 1.49. The fraction of sp³-hybridized carbons (Fsp3) is 0.714. The van der Waals surface area contributed by atoms with Crippen LogP contribution in [0.25, 0.3) is 0 Å². The van der Waals surface area contributed by atoms with E-state index in [0.717, 1.165) is 25.8 Å². The molecule has 0 saturated heterocycles. The number of carbonyl (C=O) groups excluding carboxylic acids is 1. The van der Waals surface area contributed by atoms with Crippen LogP contribution in [0, 0.1) is 0 Å². The predicted molar refractivity (Wildman–Crippen MR) is 69.7 cm³/mol. The van der Waals surface area contributed by atoms with E-state index in [1.54, 1.807) is 0 Å². The molecule has 0 radical (unpaired) electrons. The summed E-state index contributed by atoms with van der Waals surface area (Å²) in [7, 11) is 2.04. The third-order valence-electron chi connectivity index (χ3n) is 2.58. The van der Waals surface area contributed by atoms with E-state index in [1.807, 2.05) is 14.0 Å². The Labute approximate surface area is 110 Å². The summed E-state index contributed by atoms with van der Waals surface area (Å²) >= 11 is 0. The van der Waals surface area contributed by atoms with Crippen molar-refractivity contribution in [2.75, 3.05) is 0 Å². The van der Waals surface area contributed by atoms with Gasteiger partial charge >= 0.3 is 0 Å². The van der Waals surface area contributed by atoms with Gasteiger partial charge in [0.25, 0.3) is 0 Å². The van der Waals surface area contributed by atoms with Crippen molar-refractivity contribution >= 4 is 5.97 Å². The lowest BCUT2D eigenvalue weighted by Gasteiger charge is -1.97. The fourth-order valence-electron chi connectivity index (χ4n) is 1.49. The molecule has 0 spiro atoms. The van der Waals surface area contributed by atoms with Gasteiger partial charge < -0.3 is 9.90 Å². The summed E-state index contributed by atoms with van der Waals surface area (Å²) in [5.41, 5.74) is 0. The topological polar surface area (TPSA) is 48.9 Å². The number of imidazole rings is 1. The molecule has 0 N–H and O–H groups in total. The molecule has 0 bridgehead atoms. The number of aromatic nitrogens is 2. The molecule has 1 aromatic heterocycles. The highest BCUT2D eigenvalue weighted by Gasteiger charge is 1.96. The SMILES string of the molecule is CCCCCC(=O)[O-].CCCCn1cc[n+](C)c1. The number of aliphatic carboxylic acids is 1. The van der Waals surface area contributed by atoms with Crippen LogP contribution in [-0.4, -0.2) is 10.5 Å². The van der Waals surface area contributed by atoms with Gasteiger partial charge in [0.15, 0.2) is 0 Å². The summed E-state index contributed by atoms with van der Waals surface area (Å²) in [4.78, 5) is 9.76. The third-order valence-corrected chi connectivity index (χ3v) is 2.58. The van der Waals surface area contributed by atoms with Crippen molar-refractivity contribution in [3.05, 3.63) is 18.7 Å². The van der Waals surface area contributed by atoms with E-state index >= 15 is 0 Å². The van der Waals surface area contributed by atoms with Crippen LogP contribution in [-0.2, 0) is 18.4 Å². The molecule has 1 heterocycles. The quantitative estimate of drug-likeness (QED) is 0.546. The van der Waals surface area contributed by atoms with Crippen molar-refractivity contribution in [1.29, 1.82) is 0 Å². The van der Waals surface area contributed by atoms with Crippen LogP contribution in [0.1, 0.15) is 52.4 Å². The molecule has 0 fully saturated rings. The predicted octanol–water partition coefficient (Wildman–Crippen LogP) is 1.43. The first-order valence-electron chi connectivity index (χ1n) is 6.81. The Kier molecular flexibility index (Phi) is 10.0. The number of unbranched alkanes of at least 4 members (excludes halogenated alkanes) is 3. The van der Waals surface area contributed by atoms with Crippen LogP contribution in [0.2, 0.25) is 0 Å². The molecule has 18 heavy (non-hydrogen) atoms. The normalized spacial score (nSPS) is 9.72. The van der Waals surface area contributed by atoms with Gasteiger partial charge in [-0.3, -0.25) is 0 Å². The Morgan fingerprint density at radius 1 is 1.22 bits per heavy atom. The first-order chi connectivity index (χ1) is 8.60. The van der Waals surface area contributed by atoms with E-state index < -0.39 is 5.97 Å². The lowest BCUT2D eigenvalue weighted by molar-refractivity contribution is -0.671. The molecule has 0 unspecified atom stereocenters. The maximum atomic E-state index is 9.76. The number of carboxylic acid groups (broad SMARTS) is 1. The van der Waals surface area contributed by atoms with Gasteiger partial charge in [-0.2, -0.15) is 0 Å². The van der Waals surface area contributed by atoms with Gasteiger partial charge in [-0.1, -0.05) is 33.1 Å². The summed E-state index contributed by atoms with van der Waals surface area (Å²) in [6.45, 7) is 5.40. The minimum atomic E-state index is -0.932. The highest BCUT2D eigenvalue weighted by molar-refractivity contribution is 5.63. The smallest absolute Gasteiger partial charge is 0.243 e. The summed E-state index contributed by atoms with van der Waals surface area (Å²) in [6.07, 6.45) is 11.9. The molecule has 0 amide bonds. The van der Waals surface area contributed by atoms with Crippen molar-refractivity contribution in [2.45, 2.75) is 58.9 Å². The summed E-state index contributed by atoms with van der Waals surface area (Å²) < 4.78 is 4.28. The van der Waals surface area contributed by atoms with E-state index in [9.17, 15) is 9.90 Å². The molecule has 0 aromatic carbocycles. The Balaban J connectivity index is 0.000000331. The van der Waals surface area contributed by atoms with Gasteiger partial charge in [0, 0.05) is 5.97 Å². The highest BCUT2D eigenvalue weighted by atomic mass is 16.4. The van der Waals surface area contributed by atoms with Gasteiger partial charge in [-0.15, -0.1) is 0 Å². The lowest BCUT2D eigenvalue weighted by atomic mass is 10.2. The largest absolute Gasteiger partial charge is 0.550 e. The van der Waals surface area contributed by atoms with Crippen molar-refractivity contribution in [3.8, 4) is 0 Å². The van der Waals surface area contributed by atoms with E-state index in [2.05, 4.69) is 34.8 Å². The zero-order valence-electron chi connectivity index (χ0n) is 11.9. The number of carbonyl (C=O) groups is 1. The summed E-state index contributed by atoms with van der Waals surface area (Å²) in [5.74, 6) is -0.932. The molecule has 4 nitrogen and oxygen atoms in total. The van der Waals surface area contributed by atoms with Crippen LogP contribution >= 0.6 is 0 Å². The molecule has 1 aromatic rings. The lowest BCUT2D eigenvalue weighted by Crippen LogP contribution is -2.23. The number of hydrogen-bond acceptors (Lipinski definition) is 2. The molecule has 1 rings (SSSR count). The molecular formula is C14H26N2O2. The first-order valence-corrected chi connectivity index (χ1v) is 6.81. The average Bonchev–Trinajstić information content (AvgIpc) is 2.73. The maximum absolute atomic E-state index is 9.76. The molecule has 0 saturated carbocycles. The number of aryl methyl sites for hydroxylation is 2. The van der Waals surface area contributed by atoms with Crippen molar-refractivity contribution in [1.82, 2.24) is 4.57 Å². The highest BCUT2D eigenvalue weighted by Crippen LogP contribution is 1.96. The molecular weight excluding hydrogens is 228 g/mol.